The van der Waals surface area contributed by atoms with Crippen molar-refractivity contribution in [3.05, 3.63) is 41.5 Å². The molecule has 0 saturated carbocycles. The number of anilines is 1. The van der Waals surface area contributed by atoms with Crippen molar-refractivity contribution in [2.24, 2.45) is 0 Å². The van der Waals surface area contributed by atoms with Gasteiger partial charge < -0.3 is 19.3 Å². The molecule has 1 aliphatic heterocycles. The molecule has 25 heavy (non-hydrogen) atoms. The third kappa shape index (κ3) is 3.65. The lowest BCUT2D eigenvalue weighted by molar-refractivity contribution is 0.0745. The van der Waals surface area contributed by atoms with Crippen molar-refractivity contribution in [1.82, 2.24) is 14.9 Å². The molecule has 0 bridgehead atoms. The van der Waals surface area contributed by atoms with E-state index < -0.39 is 0 Å². The molecule has 0 unspecified atom stereocenters. The summed E-state index contributed by atoms with van der Waals surface area (Å²) in [5.41, 5.74) is 1.77. The molecule has 3 rings (SSSR count). The Morgan fingerprint density at radius 3 is 2.40 bits per heavy atom. The molecular weight excluding hydrogens is 320 g/mol. The first-order valence-electron chi connectivity index (χ1n) is 8.19. The Morgan fingerprint density at radius 1 is 1.04 bits per heavy atom. The van der Waals surface area contributed by atoms with Gasteiger partial charge in [-0.05, 0) is 18.6 Å². The van der Waals surface area contributed by atoms with Gasteiger partial charge in [0.15, 0.2) is 0 Å². The maximum Gasteiger partial charge on any atom is 0.321 e. The Balaban J connectivity index is 1.70. The molecule has 1 aromatic heterocycles. The maximum atomic E-state index is 12.7. The molecule has 2 heterocycles. The van der Waals surface area contributed by atoms with Crippen LogP contribution in [0.2, 0.25) is 0 Å². The van der Waals surface area contributed by atoms with E-state index in [9.17, 15) is 4.79 Å². The number of hydrogen-bond donors (Lipinski definition) is 0. The van der Waals surface area contributed by atoms with Crippen LogP contribution in [0.5, 0.6) is 11.9 Å². The number of methoxy groups -OCH3 is 2. The molecule has 1 saturated heterocycles. The van der Waals surface area contributed by atoms with Crippen LogP contribution in [0.25, 0.3) is 0 Å². The molecule has 0 aliphatic carbocycles. The van der Waals surface area contributed by atoms with E-state index in [0.29, 0.717) is 32.1 Å². The number of carbonyl (C=O) groups excluding carboxylic acids is 1. The van der Waals surface area contributed by atoms with Gasteiger partial charge in [0.1, 0.15) is 5.82 Å². The van der Waals surface area contributed by atoms with Gasteiger partial charge in [0, 0.05) is 37.8 Å². The number of nitrogens with zero attached hydrogens (tertiary/aromatic N) is 4. The van der Waals surface area contributed by atoms with Crippen molar-refractivity contribution >= 4 is 11.7 Å². The number of carbonyl (C=O) groups is 1. The van der Waals surface area contributed by atoms with E-state index in [-0.39, 0.29) is 11.9 Å². The lowest BCUT2D eigenvalue weighted by Crippen LogP contribution is -2.49. The van der Waals surface area contributed by atoms with Gasteiger partial charge in [-0.25, -0.2) is 0 Å². The van der Waals surface area contributed by atoms with Crippen LogP contribution in [0.1, 0.15) is 15.9 Å². The van der Waals surface area contributed by atoms with Crippen molar-refractivity contribution in [1.29, 1.82) is 0 Å². The summed E-state index contributed by atoms with van der Waals surface area (Å²) in [6.07, 6.45) is 0. The van der Waals surface area contributed by atoms with Gasteiger partial charge in [-0.15, -0.1) is 0 Å². The van der Waals surface area contributed by atoms with E-state index in [1.807, 2.05) is 36.1 Å². The Labute approximate surface area is 147 Å². The van der Waals surface area contributed by atoms with Crippen LogP contribution in [0.3, 0.4) is 0 Å². The molecule has 1 fully saturated rings. The van der Waals surface area contributed by atoms with E-state index in [0.717, 1.165) is 16.9 Å². The summed E-state index contributed by atoms with van der Waals surface area (Å²) < 4.78 is 10.3. The third-order valence-electron chi connectivity index (χ3n) is 4.33. The van der Waals surface area contributed by atoms with Gasteiger partial charge in [0.05, 0.1) is 14.2 Å². The topological polar surface area (TPSA) is 67.8 Å². The number of aromatic nitrogens is 2. The lowest BCUT2D eigenvalue weighted by atomic mass is 10.1. The first-order chi connectivity index (χ1) is 12.1. The minimum Gasteiger partial charge on any atom is -0.481 e. The van der Waals surface area contributed by atoms with Crippen LogP contribution >= 0.6 is 0 Å². The molecule has 0 N–H and O–H groups in total. The maximum absolute atomic E-state index is 12.7. The summed E-state index contributed by atoms with van der Waals surface area (Å²) in [7, 11) is 3.09. The van der Waals surface area contributed by atoms with Gasteiger partial charge in [-0.1, -0.05) is 18.2 Å². The number of aryl methyl sites for hydroxylation is 1. The highest BCUT2D eigenvalue weighted by molar-refractivity contribution is 5.95. The first kappa shape index (κ1) is 17.0. The number of hydrogen-bond acceptors (Lipinski definition) is 6. The van der Waals surface area contributed by atoms with Crippen LogP contribution in [0.4, 0.5) is 5.82 Å². The molecule has 1 aliphatic rings. The highest BCUT2D eigenvalue weighted by Gasteiger charge is 2.24. The van der Waals surface area contributed by atoms with Crippen molar-refractivity contribution < 1.29 is 14.3 Å². The van der Waals surface area contributed by atoms with Crippen LogP contribution in [0.15, 0.2) is 30.3 Å². The summed E-state index contributed by atoms with van der Waals surface area (Å²) in [6.45, 7) is 4.63. The Kier molecular flexibility index (Phi) is 5.02. The van der Waals surface area contributed by atoms with E-state index in [1.54, 1.807) is 13.2 Å². The molecule has 132 valence electrons. The summed E-state index contributed by atoms with van der Waals surface area (Å²) in [5, 5.41) is 0. The van der Waals surface area contributed by atoms with Gasteiger partial charge in [-0.2, -0.15) is 9.97 Å². The second kappa shape index (κ2) is 7.38. The Morgan fingerprint density at radius 2 is 1.76 bits per heavy atom. The Bertz CT molecular complexity index is 735. The van der Waals surface area contributed by atoms with E-state index in [2.05, 4.69) is 14.9 Å². The summed E-state index contributed by atoms with van der Waals surface area (Å²) in [6, 6.07) is 9.73. The summed E-state index contributed by atoms with van der Waals surface area (Å²) in [4.78, 5) is 25.2. The van der Waals surface area contributed by atoms with Crippen molar-refractivity contribution in [2.45, 2.75) is 6.92 Å². The highest BCUT2D eigenvalue weighted by atomic mass is 16.5. The van der Waals surface area contributed by atoms with Crippen LogP contribution in [-0.4, -0.2) is 61.2 Å². The Hall–Kier alpha value is -2.83. The molecule has 0 spiro atoms. The highest BCUT2D eigenvalue weighted by Crippen LogP contribution is 2.22. The van der Waals surface area contributed by atoms with Gasteiger partial charge in [0.2, 0.25) is 5.88 Å². The monoisotopic (exact) mass is 342 g/mol. The van der Waals surface area contributed by atoms with Crippen molar-refractivity contribution in [2.75, 3.05) is 45.3 Å². The second-order valence-corrected chi connectivity index (χ2v) is 5.85. The fourth-order valence-electron chi connectivity index (χ4n) is 2.87. The zero-order chi connectivity index (χ0) is 17.8. The standard InChI is InChI=1S/C18H22N4O3/c1-13-6-4-5-7-14(13)17(23)22-10-8-21(9-11-22)15-12-16(24-2)20-18(19-15)25-3/h4-7,12H,8-11H2,1-3H3. The van der Waals surface area contributed by atoms with Gasteiger partial charge >= 0.3 is 6.01 Å². The average Bonchev–Trinajstić information content (AvgIpc) is 2.67. The minimum atomic E-state index is 0.0793. The van der Waals surface area contributed by atoms with E-state index in [4.69, 9.17) is 9.47 Å². The number of amides is 1. The first-order valence-corrected chi connectivity index (χ1v) is 8.19. The smallest absolute Gasteiger partial charge is 0.321 e. The number of benzene rings is 1. The molecular formula is C18H22N4O3. The SMILES string of the molecule is COc1cc(N2CCN(C(=O)c3ccccc3C)CC2)nc(OC)n1. The fourth-order valence-corrected chi connectivity index (χ4v) is 2.87. The van der Waals surface area contributed by atoms with Crippen LogP contribution in [-0.2, 0) is 0 Å². The number of rotatable bonds is 4. The average molecular weight is 342 g/mol. The van der Waals surface area contributed by atoms with Crippen LogP contribution in [0, 0.1) is 6.92 Å². The largest absolute Gasteiger partial charge is 0.481 e. The predicted molar refractivity (Wildman–Crippen MR) is 94.4 cm³/mol. The quantitative estimate of drug-likeness (QED) is 0.843. The third-order valence-corrected chi connectivity index (χ3v) is 4.33. The summed E-state index contributed by atoms with van der Waals surface area (Å²) in [5.74, 6) is 1.28. The van der Waals surface area contributed by atoms with Crippen molar-refractivity contribution in [3.63, 3.8) is 0 Å². The molecule has 7 heteroatoms. The molecule has 1 aromatic carbocycles. The zero-order valence-corrected chi connectivity index (χ0v) is 14.7. The van der Waals surface area contributed by atoms with Gasteiger partial charge in [0.25, 0.3) is 5.91 Å². The number of piperazine rings is 1. The van der Waals surface area contributed by atoms with Gasteiger partial charge in [-0.3, -0.25) is 4.79 Å². The number of ether oxygens (including phenoxy) is 2. The fraction of sp³-hybridized carbons (Fsp3) is 0.389. The summed E-state index contributed by atoms with van der Waals surface area (Å²) >= 11 is 0. The lowest BCUT2D eigenvalue weighted by Gasteiger charge is -2.35. The van der Waals surface area contributed by atoms with E-state index in [1.165, 1.54) is 7.11 Å². The molecule has 0 atom stereocenters. The molecule has 1 amide bonds. The predicted octanol–water partition coefficient (Wildman–Crippen LogP) is 1.76. The van der Waals surface area contributed by atoms with Crippen molar-refractivity contribution in [3.8, 4) is 11.9 Å². The van der Waals surface area contributed by atoms with Crippen LogP contribution < -0.4 is 14.4 Å². The minimum absolute atomic E-state index is 0.0793. The molecule has 2 aromatic rings. The molecule has 7 nitrogen and oxygen atoms in total. The second-order valence-electron chi connectivity index (χ2n) is 5.85. The zero-order valence-electron chi connectivity index (χ0n) is 14.7. The molecule has 0 radical (unpaired) electrons. The normalized spacial score (nSPS) is 14.4. The van der Waals surface area contributed by atoms with E-state index >= 15 is 0 Å².